The van der Waals surface area contributed by atoms with Crippen LogP contribution in [-0.4, -0.2) is 10.2 Å². The Balaban J connectivity index is 2.44. The van der Waals surface area contributed by atoms with E-state index in [0.29, 0.717) is 6.07 Å². The average molecular weight is 267 g/mol. The third-order valence-electron chi connectivity index (χ3n) is 2.09. The maximum atomic E-state index is 13.5. The van der Waals surface area contributed by atoms with Gasteiger partial charge in [-0.2, -0.15) is 10.4 Å². The van der Waals surface area contributed by atoms with Crippen LogP contribution in [0.25, 0.3) is 0 Å². The molecule has 18 heavy (non-hydrogen) atoms. The summed E-state index contributed by atoms with van der Waals surface area (Å²) in [5.74, 6) is -1.62. The molecule has 7 heteroatoms. The number of rotatable bonds is 2. The van der Waals surface area contributed by atoms with E-state index >= 15 is 0 Å². The van der Waals surface area contributed by atoms with Gasteiger partial charge in [0.15, 0.2) is 11.6 Å². The fraction of sp³-hybridized carbons (Fsp3) is 0. The van der Waals surface area contributed by atoms with Crippen molar-refractivity contribution in [2.75, 3.05) is 5.32 Å². The molecule has 2 aromatic rings. The van der Waals surface area contributed by atoms with Gasteiger partial charge in [0.2, 0.25) is 0 Å². The standard InChI is InChI=1S/C11H5ClF2N4/c12-8-3-7(13)4-9(14)10(8)17-11-6(5-15)1-2-16-18-11/h1-4H,(H,17,18). The van der Waals surface area contributed by atoms with E-state index in [1.807, 2.05) is 6.07 Å². The Hall–Kier alpha value is -2.26. The van der Waals surface area contributed by atoms with E-state index in [1.165, 1.54) is 12.3 Å². The van der Waals surface area contributed by atoms with Gasteiger partial charge in [-0.25, -0.2) is 8.78 Å². The summed E-state index contributed by atoms with van der Waals surface area (Å²) in [7, 11) is 0. The lowest BCUT2D eigenvalue weighted by molar-refractivity contribution is 0.586. The van der Waals surface area contributed by atoms with E-state index in [1.54, 1.807) is 0 Å². The zero-order valence-corrected chi connectivity index (χ0v) is 9.54. The first kappa shape index (κ1) is 12.2. The number of aromatic nitrogens is 2. The van der Waals surface area contributed by atoms with Crippen LogP contribution in [0.15, 0.2) is 24.4 Å². The van der Waals surface area contributed by atoms with Crippen LogP contribution in [0, 0.1) is 23.0 Å². The van der Waals surface area contributed by atoms with Crippen molar-refractivity contribution in [3.8, 4) is 6.07 Å². The van der Waals surface area contributed by atoms with Gasteiger partial charge >= 0.3 is 0 Å². The highest BCUT2D eigenvalue weighted by molar-refractivity contribution is 6.33. The lowest BCUT2D eigenvalue weighted by Gasteiger charge is -2.09. The SMILES string of the molecule is N#Cc1ccnnc1Nc1c(F)cc(F)cc1Cl. The zero-order chi connectivity index (χ0) is 13.1. The molecule has 0 spiro atoms. The number of nitrogens with one attached hydrogen (secondary N) is 1. The van der Waals surface area contributed by atoms with Crippen LogP contribution in [0.5, 0.6) is 0 Å². The van der Waals surface area contributed by atoms with Gasteiger partial charge in [-0.1, -0.05) is 11.6 Å². The first-order valence-electron chi connectivity index (χ1n) is 4.75. The Bertz CT molecular complexity index is 616. The maximum Gasteiger partial charge on any atom is 0.171 e. The molecule has 0 aliphatic rings. The predicted octanol–water partition coefficient (Wildman–Crippen LogP) is 3.02. The second-order valence-corrected chi connectivity index (χ2v) is 3.68. The summed E-state index contributed by atoms with van der Waals surface area (Å²) in [6.07, 6.45) is 1.33. The van der Waals surface area contributed by atoms with Crippen molar-refractivity contribution in [3.05, 3.63) is 46.6 Å². The van der Waals surface area contributed by atoms with E-state index in [9.17, 15) is 8.78 Å². The minimum atomic E-state index is -0.880. The first-order valence-corrected chi connectivity index (χ1v) is 5.13. The Labute approximate surface area is 106 Å². The van der Waals surface area contributed by atoms with Gasteiger partial charge in [-0.15, -0.1) is 5.10 Å². The molecule has 0 aliphatic carbocycles. The van der Waals surface area contributed by atoms with Gasteiger partial charge in [0, 0.05) is 6.07 Å². The number of nitrogens with zero attached hydrogens (tertiary/aromatic N) is 3. The van der Waals surface area contributed by atoms with Crippen LogP contribution in [0.2, 0.25) is 5.02 Å². The molecule has 0 atom stereocenters. The highest BCUT2D eigenvalue weighted by atomic mass is 35.5. The zero-order valence-electron chi connectivity index (χ0n) is 8.78. The molecule has 1 heterocycles. The number of benzene rings is 1. The minimum absolute atomic E-state index is 0.0485. The molecule has 0 aliphatic heterocycles. The van der Waals surface area contributed by atoms with Crippen LogP contribution in [-0.2, 0) is 0 Å². The molecule has 1 aromatic carbocycles. The maximum absolute atomic E-state index is 13.5. The molecule has 0 bridgehead atoms. The first-order chi connectivity index (χ1) is 8.61. The molecule has 0 fully saturated rings. The quantitative estimate of drug-likeness (QED) is 0.907. The van der Waals surface area contributed by atoms with E-state index in [2.05, 4.69) is 15.5 Å². The summed E-state index contributed by atoms with van der Waals surface area (Å²) in [4.78, 5) is 0. The monoisotopic (exact) mass is 266 g/mol. The van der Waals surface area contributed by atoms with Crippen molar-refractivity contribution in [2.45, 2.75) is 0 Å². The fourth-order valence-corrected chi connectivity index (χ4v) is 1.54. The topological polar surface area (TPSA) is 61.6 Å². The van der Waals surface area contributed by atoms with Crippen LogP contribution in [0.3, 0.4) is 0 Å². The smallest absolute Gasteiger partial charge is 0.171 e. The van der Waals surface area contributed by atoms with Gasteiger partial charge < -0.3 is 5.32 Å². The second kappa shape index (κ2) is 4.94. The van der Waals surface area contributed by atoms with Crippen molar-refractivity contribution in [1.82, 2.24) is 10.2 Å². The molecule has 0 amide bonds. The van der Waals surface area contributed by atoms with Gasteiger partial charge in [-0.3, -0.25) is 0 Å². The molecule has 1 aromatic heterocycles. The minimum Gasteiger partial charge on any atom is -0.334 e. The predicted molar refractivity (Wildman–Crippen MR) is 61.4 cm³/mol. The summed E-state index contributed by atoms with van der Waals surface area (Å²) >= 11 is 5.71. The third kappa shape index (κ3) is 2.36. The fourth-order valence-electron chi connectivity index (χ4n) is 1.29. The molecule has 1 N–H and O–H groups in total. The second-order valence-electron chi connectivity index (χ2n) is 3.27. The lowest BCUT2D eigenvalue weighted by atomic mass is 10.2. The van der Waals surface area contributed by atoms with E-state index in [-0.39, 0.29) is 22.1 Å². The molecule has 90 valence electrons. The normalized spacial score (nSPS) is 9.89. The molecule has 0 saturated heterocycles. The van der Waals surface area contributed by atoms with Gasteiger partial charge in [0.05, 0.1) is 22.5 Å². The highest BCUT2D eigenvalue weighted by Crippen LogP contribution is 2.29. The molecule has 0 radical (unpaired) electrons. The Morgan fingerprint density at radius 1 is 1.33 bits per heavy atom. The number of hydrogen-bond acceptors (Lipinski definition) is 4. The molecule has 0 saturated carbocycles. The number of halogens is 3. The van der Waals surface area contributed by atoms with Crippen molar-refractivity contribution in [3.63, 3.8) is 0 Å². The van der Waals surface area contributed by atoms with Crippen LogP contribution < -0.4 is 5.32 Å². The molecular formula is C11H5ClF2N4. The van der Waals surface area contributed by atoms with Crippen LogP contribution in [0.1, 0.15) is 5.56 Å². The van der Waals surface area contributed by atoms with Gasteiger partial charge in [0.1, 0.15) is 11.9 Å². The van der Waals surface area contributed by atoms with Crippen LogP contribution in [0.4, 0.5) is 20.3 Å². The summed E-state index contributed by atoms with van der Waals surface area (Å²) in [6.45, 7) is 0. The van der Waals surface area contributed by atoms with Gasteiger partial charge in [-0.05, 0) is 12.1 Å². The van der Waals surface area contributed by atoms with Crippen molar-refractivity contribution >= 4 is 23.1 Å². The third-order valence-corrected chi connectivity index (χ3v) is 2.39. The van der Waals surface area contributed by atoms with Crippen molar-refractivity contribution < 1.29 is 8.78 Å². The lowest BCUT2D eigenvalue weighted by Crippen LogP contribution is -2.01. The number of anilines is 2. The Morgan fingerprint density at radius 2 is 2.11 bits per heavy atom. The summed E-state index contributed by atoms with van der Waals surface area (Å²) in [5, 5.41) is 18.4. The van der Waals surface area contributed by atoms with Gasteiger partial charge in [0.25, 0.3) is 0 Å². The Morgan fingerprint density at radius 3 is 2.78 bits per heavy atom. The average Bonchev–Trinajstić information content (AvgIpc) is 2.34. The van der Waals surface area contributed by atoms with Crippen molar-refractivity contribution in [1.29, 1.82) is 5.26 Å². The molecule has 2 rings (SSSR count). The van der Waals surface area contributed by atoms with E-state index < -0.39 is 11.6 Å². The molecule has 0 unspecified atom stereocenters. The molecule has 4 nitrogen and oxygen atoms in total. The summed E-state index contributed by atoms with van der Waals surface area (Å²) in [6, 6.07) is 4.90. The van der Waals surface area contributed by atoms with E-state index in [0.717, 1.165) is 6.07 Å². The number of hydrogen-bond donors (Lipinski definition) is 1. The largest absolute Gasteiger partial charge is 0.334 e. The van der Waals surface area contributed by atoms with Crippen LogP contribution >= 0.6 is 11.6 Å². The van der Waals surface area contributed by atoms with Crippen molar-refractivity contribution in [2.24, 2.45) is 0 Å². The highest BCUT2D eigenvalue weighted by Gasteiger charge is 2.12. The molecular weight excluding hydrogens is 262 g/mol. The summed E-state index contributed by atoms with van der Waals surface area (Å²) < 4.78 is 26.4. The Kier molecular flexibility index (Phi) is 3.35. The number of nitriles is 1. The summed E-state index contributed by atoms with van der Waals surface area (Å²) in [5.41, 5.74) is 0.0138. The van der Waals surface area contributed by atoms with E-state index in [4.69, 9.17) is 16.9 Å².